The zero-order chi connectivity index (χ0) is 90.8. The third-order valence-corrected chi connectivity index (χ3v) is 19.3. The molecule has 0 saturated heterocycles. The molecule has 0 aliphatic rings. The van der Waals surface area contributed by atoms with Gasteiger partial charge in [0.1, 0.15) is 50.0 Å². The summed E-state index contributed by atoms with van der Waals surface area (Å²) >= 11 is 0. The highest BCUT2D eigenvalue weighted by Crippen LogP contribution is 2.22. The van der Waals surface area contributed by atoms with Crippen LogP contribution in [0.5, 0.6) is 23.0 Å². The summed E-state index contributed by atoms with van der Waals surface area (Å²) in [5.41, 5.74) is -0.388. The first-order valence-corrected chi connectivity index (χ1v) is 38.1. The number of benzene rings is 1. The van der Waals surface area contributed by atoms with Gasteiger partial charge in [-0.2, -0.15) is 0 Å². The number of unbranched alkanes of at least 4 members (excludes halogenated alkanes) is 1. The number of urea groups is 1. The minimum absolute atomic E-state index is 0.00463. The number of aryl methyl sites for hydroxylation is 4. The normalized spacial score (nSPS) is 11.9. The number of fused-ring (bicyclic) bond motifs is 1. The molecule has 0 aliphatic carbocycles. The fourth-order valence-corrected chi connectivity index (χ4v) is 12.9. The van der Waals surface area contributed by atoms with E-state index in [0.717, 1.165) is 48.7 Å². The second kappa shape index (κ2) is 44.3. The van der Waals surface area contributed by atoms with E-state index < -0.39 is 214 Å². The number of amides is 9. The van der Waals surface area contributed by atoms with E-state index in [1.807, 2.05) is 5.32 Å². The number of carbonyl (C=O) groups excluding carboxylic acids is 8. The van der Waals surface area contributed by atoms with Crippen molar-refractivity contribution in [3.05, 3.63) is 182 Å². The number of para-hydroxylation sites is 1. The van der Waals surface area contributed by atoms with Gasteiger partial charge in [-0.3, -0.25) is 105 Å². The number of aliphatic carboxylic acids is 6. The van der Waals surface area contributed by atoms with Gasteiger partial charge in [0.15, 0.2) is 23.0 Å². The molecule has 6 heterocycles. The molecule has 0 bridgehead atoms. The van der Waals surface area contributed by atoms with E-state index in [1.54, 1.807) is 40.1 Å². The molecule has 123 heavy (non-hydrogen) atoms. The van der Waals surface area contributed by atoms with Crippen LogP contribution in [0.1, 0.15) is 124 Å². The first kappa shape index (κ1) is 95.4. The van der Waals surface area contributed by atoms with Crippen LogP contribution in [0.15, 0.2) is 98.2 Å². The number of rotatable bonds is 46. The molecule has 658 valence electrons. The summed E-state index contributed by atoms with van der Waals surface area (Å²) in [4.78, 5) is 247. The number of nitrogens with one attached hydrogen (secondary N) is 7. The molecule has 6 aromatic heterocycles. The molecule has 19 N–H and O–H groups in total. The zero-order valence-corrected chi connectivity index (χ0v) is 66.9. The third-order valence-electron chi connectivity index (χ3n) is 19.3. The molecule has 0 unspecified atom stereocenters. The molecule has 0 aliphatic heterocycles. The third kappa shape index (κ3) is 26.4. The van der Waals surface area contributed by atoms with E-state index in [9.17, 15) is 137 Å². The van der Waals surface area contributed by atoms with Gasteiger partial charge in [-0.1, -0.05) is 30.3 Å². The molecular weight excluding hydrogens is 1620 g/mol. The molecule has 9 amide bonds. The van der Waals surface area contributed by atoms with Crippen LogP contribution in [0.4, 0.5) is 4.79 Å². The standard InChI is InChI=1S/C78H93N17O28/c1-41-30-48(62(105)72(115)91(41)37-57(96)85-36-45-13-16-53(84-35-45)70(113)87-55(34-47-15-14-46-10-5-6-11-52(46)86-47)71(114)95(56(77(121)122)12-7-8-19-79)78(123)88-54(76(119)120)17-18-58(97)98)66(109)80-20-26-89(27-21-81-67(110)49-31-42(2)92(38-59(99)100)73(116)63(49)106)24-9-25-90(28-22-82-68(111)50-32-43(3)93(39-60(101)102)74(117)64(50)107)29-23-83-69(112)51-33-44(4)94(40-61(103)104)75(118)65(51)108/h5-6,10-11,13-16,30-33,35,54-56,105-108H,7-9,12,17-29,34,36-40,79H2,1-4H3,(H,80,109)(H,81,110)(H,82,111)(H,83,112)(H,85,96)(H,87,113)(H,88,123)(H,97,98)(H,99,100)(H,101,102)(H,103,104)(H,119,120)(H,121,122)/t54-,55+,56+/m1/s1. The van der Waals surface area contributed by atoms with Gasteiger partial charge >= 0.3 is 41.8 Å². The van der Waals surface area contributed by atoms with Crippen LogP contribution in [0.2, 0.25) is 0 Å². The molecule has 3 atom stereocenters. The molecule has 1 aromatic carbocycles. The molecule has 0 radical (unpaired) electrons. The molecular formula is C78H93N17O28. The lowest BCUT2D eigenvalue weighted by Gasteiger charge is -2.32. The van der Waals surface area contributed by atoms with Crippen molar-refractivity contribution in [3.8, 4) is 23.0 Å². The van der Waals surface area contributed by atoms with Gasteiger partial charge in [0.05, 0.1) is 27.8 Å². The van der Waals surface area contributed by atoms with Gasteiger partial charge in [-0.15, -0.1) is 0 Å². The smallest absolute Gasteiger partial charge is 0.326 e. The minimum Gasteiger partial charge on any atom is -0.502 e. The first-order valence-electron chi connectivity index (χ1n) is 38.1. The fourth-order valence-electron chi connectivity index (χ4n) is 12.9. The second-order valence-corrected chi connectivity index (χ2v) is 28.2. The Hall–Kier alpha value is -14.8. The van der Waals surface area contributed by atoms with Crippen molar-refractivity contribution in [2.45, 2.75) is 123 Å². The molecule has 45 heteroatoms. The van der Waals surface area contributed by atoms with Crippen molar-refractivity contribution in [3.63, 3.8) is 0 Å². The minimum atomic E-state index is -1.97. The van der Waals surface area contributed by atoms with E-state index in [-0.39, 0.29) is 149 Å². The van der Waals surface area contributed by atoms with Crippen molar-refractivity contribution in [2.75, 3.05) is 72.0 Å². The van der Waals surface area contributed by atoms with E-state index in [0.29, 0.717) is 10.9 Å². The van der Waals surface area contributed by atoms with E-state index in [2.05, 4.69) is 41.9 Å². The molecule has 7 aromatic rings. The maximum absolute atomic E-state index is 14.8. The number of hydrogen-bond acceptors (Lipinski definition) is 27. The van der Waals surface area contributed by atoms with Gasteiger partial charge in [0.25, 0.3) is 57.7 Å². The molecule has 0 saturated carbocycles. The van der Waals surface area contributed by atoms with Crippen LogP contribution >= 0.6 is 0 Å². The van der Waals surface area contributed by atoms with Crippen LogP contribution in [0, 0.1) is 27.7 Å². The number of imide groups is 1. The summed E-state index contributed by atoms with van der Waals surface area (Å²) < 4.78 is 3.06. The van der Waals surface area contributed by atoms with Gasteiger partial charge < -0.3 is 98.6 Å². The highest BCUT2D eigenvalue weighted by Gasteiger charge is 2.41. The first-order chi connectivity index (χ1) is 58.2. The van der Waals surface area contributed by atoms with Crippen LogP contribution in [0.25, 0.3) is 10.9 Å². The molecule has 45 nitrogen and oxygen atoms in total. The number of carboxylic acids is 6. The number of carboxylic acid groups (broad SMARTS) is 6. The maximum atomic E-state index is 14.8. The quantitative estimate of drug-likeness (QED) is 0.0178. The van der Waals surface area contributed by atoms with Crippen LogP contribution in [0.3, 0.4) is 0 Å². The molecule has 0 fully saturated rings. The summed E-state index contributed by atoms with van der Waals surface area (Å²) in [6.45, 7) is 1.12. The topological polar surface area (TPSA) is 675 Å². The number of nitrogens with zero attached hydrogens (tertiary/aromatic N) is 9. The fraction of sp³-hybridized carbons (Fsp3) is 0.385. The van der Waals surface area contributed by atoms with Crippen molar-refractivity contribution < 1.29 is 118 Å². The molecule has 7 rings (SSSR count). The summed E-state index contributed by atoms with van der Waals surface area (Å²) in [5.74, 6) is -20.3. The van der Waals surface area contributed by atoms with Crippen molar-refractivity contribution in [1.29, 1.82) is 0 Å². The Balaban J connectivity index is 1.05. The Morgan fingerprint density at radius 3 is 1.28 bits per heavy atom. The summed E-state index contributed by atoms with van der Waals surface area (Å²) in [7, 11) is 0. The lowest BCUT2D eigenvalue weighted by Crippen LogP contribution is -2.60. The Morgan fingerprint density at radius 2 is 0.886 bits per heavy atom. The highest BCUT2D eigenvalue weighted by atomic mass is 16.4. The Bertz CT molecular complexity index is 5370. The van der Waals surface area contributed by atoms with E-state index in [4.69, 9.17) is 5.73 Å². The van der Waals surface area contributed by atoms with Crippen LogP contribution in [-0.4, -0.2) is 267 Å². The summed E-state index contributed by atoms with van der Waals surface area (Å²) in [5, 5.41) is 119. The lowest BCUT2D eigenvalue weighted by atomic mass is 10.0. The Labute approximate surface area is 696 Å². The number of aromatic nitrogens is 6. The SMILES string of the molecule is Cc1cc(C(=O)NCCN(CCCN(CCNC(=O)c2cc(C)n(CC(=O)O)c(=O)c2O)CCNC(=O)c2cc(C)n(CC(=O)NCc3ccc(C(=O)N[C@@H](Cc4ccc5ccccc5n4)C(=O)N(C(=O)N[C@H](CCC(=O)O)C(=O)O)[C@@H](CCCCN)C(=O)O)nc3)c(=O)c2O)CCNC(=O)c2cc(C)n(CC(=O)O)c(=O)c2O)c(O)c(=O)n1CC(=O)O. The average Bonchev–Trinajstić information content (AvgIpc) is 0.819. The van der Waals surface area contributed by atoms with Crippen molar-refractivity contribution >= 4 is 94.1 Å². The maximum Gasteiger partial charge on any atom is 0.326 e. The zero-order valence-electron chi connectivity index (χ0n) is 66.9. The Kier molecular flexibility index (Phi) is 34.4. The predicted molar refractivity (Wildman–Crippen MR) is 429 cm³/mol. The van der Waals surface area contributed by atoms with Gasteiger partial charge in [0.2, 0.25) is 5.91 Å². The number of hydrogen-bond donors (Lipinski definition) is 18. The number of pyridine rings is 6. The second-order valence-electron chi connectivity index (χ2n) is 28.2. The Morgan fingerprint density at radius 1 is 0.455 bits per heavy atom. The van der Waals surface area contributed by atoms with Crippen LogP contribution < -0.4 is 65.2 Å². The predicted octanol–water partition coefficient (Wildman–Crippen LogP) is -2.30. The largest absolute Gasteiger partial charge is 0.502 e. The van der Waals surface area contributed by atoms with Gasteiger partial charge in [0, 0.05) is 112 Å². The summed E-state index contributed by atoms with van der Waals surface area (Å²) in [6.07, 6.45) is -0.652. The highest BCUT2D eigenvalue weighted by molar-refractivity contribution is 6.05. The number of nitrogens with two attached hydrogens (primary N) is 1. The van der Waals surface area contributed by atoms with Crippen molar-refractivity contribution in [1.82, 2.24) is 80.2 Å². The number of aromatic hydroxyl groups is 4. The van der Waals surface area contributed by atoms with E-state index >= 15 is 0 Å². The lowest BCUT2D eigenvalue weighted by molar-refractivity contribution is -0.148. The average molecular weight is 1720 g/mol. The van der Waals surface area contributed by atoms with Crippen molar-refractivity contribution in [2.24, 2.45) is 5.73 Å². The monoisotopic (exact) mass is 1720 g/mol. The van der Waals surface area contributed by atoms with Gasteiger partial charge in [-0.25, -0.2) is 19.3 Å². The number of carbonyl (C=O) groups is 14. The van der Waals surface area contributed by atoms with Gasteiger partial charge in [-0.05, 0) is 127 Å². The van der Waals surface area contributed by atoms with Crippen LogP contribution in [-0.2, 0) is 77.5 Å². The summed E-state index contributed by atoms with van der Waals surface area (Å²) in [6, 6.07) is 9.70. The molecule has 0 spiro atoms. The van der Waals surface area contributed by atoms with E-state index in [1.165, 1.54) is 45.9 Å².